The van der Waals surface area contributed by atoms with Gasteiger partial charge < -0.3 is 4.74 Å². The molecular weight excluding hydrogens is 348 g/mol. The zero-order valence-corrected chi connectivity index (χ0v) is 18.1. The fourth-order valence-corrected chi connectivity index (χ4v) is 7.61. The van der Waals surface area contributed by atoms with Gasteiger partial charge in [0.15, 0.2) is 5.78 Å². The van der Waals surface area contributed by atoms with Gasteiger partial charge in [-0.15, -0.1) is 0 Å². The van der Waals surface area contributed by atoms with Gasteiger partial charge in [-0.3, -0.25) is 9.59 Å². The molecule has 3 unspecified atom stereocenters. The molecule has 4 rings (SSSR count). The molecule has 3 nitrogen and oxygen atoms in total. The van der Waals surface area contributed by atoms with Gasteiger partial charge in [-0.25, -0.2) is 0 Å². The predicted octanol–water partition coefficient (Wildman–Crippen LogP) is 5.56. The first-order valence-electron chi connectivity index (χ1n) is 10.9. The summed E-state index contributed by atoms with van der Waals surface area (Å²) in [7, 11) is 0. The minimum absolute atomic E-state index is 0.0789. The fourth-order valence-electron chi connectivity index (χ4n) is 7.61. The number of ketones is 1. The molecule has 28 heavy (non-hydrogen) atoms. The first-order valence-corrected chi connectivity index (χ1v) is 10.9. The zero-order chi connectivity index (χ0) is 20.5. The lowest BCUT2D eigenvalue weighted by Gasteiger charge is -2.58. The molecule has 0 spiro atoms. The molecule has 0 saturated heterocycles. The summed E-state index contributed by atoms with van der Waals surface area (Å²) in [6.07, 6.45) is 9.84. The van der Waals surface area contributed by atoms with E-state index in [2.05, 4.69) is 40.3 Å². The van der Waals surface area contributed by atoms with Crippen LogP contribution in [0.25, 0.3) is 0 Å². The maximum absolute atomic E-state index is 12.1. The lowest BCUT2D eigenvalue weighted by Crippen LogP contribution is -2.55. The second kappa shape index (κ2) is 6.18. The lowest BCUT2D eigenvalue weighted by atomic mass is 9.47. The highest BCUT2D eigenvalue weighted by molar-refractivity contribution is 5.92. The van der Waals surface area contributed by atoms with Crippen molar-refractivity contribution < 1.29 is 14.3 Å². The van der Waals surface area contributed by atoms with Crippen LogP contribution in [0.15, 0.2) is 35.5 Å². The number of hydrogen-bond acceptors (Lipinski definition) is 3. The van der Waals surface area contributed by atoms with Gasteiger partial charge in [0.05, 0.1) is 0 Å². The van der Waals surface area contributed by atoms with Crippen LogP contribution in [0.3, 0.4) is 0 Å². The molecule has 4 aliphatic rings. The average molecular weight is 383 g/mol. The van der Waals surface area contributed by atoms with Crippen LogP contribution in [0.5, 0.6) is 0 Å². The van der Waals surface area contributed by atoms with E-state index in [9.17, 15) is 9.59 Å². The van der Waals surface area contributed by atoms with Crippen molar-refractivity contribution in [2.45, 2.75) is 78.7 Å². The molecule has 2 fully saturated rings. The SMILES string of the molecule is C=C1CC2C3C=C(C)C4=CC(=O)CC[C@]4(C)C3CC[C@]2(C)[C@]1(CC)OC(C)=O. The van der Waals surface area contributed by atoms with Gasteiger partial charge in [-0.1, -0.05) is 39.0 Å². The van der Waals surface area contributed by atoms with Crippen LogP contribution in [0.2, 0.25) is 0 Å². The number of esters is 1. The summed E-state index contributed by atoms with van der Waals surface area (Å²) < 4.78 is 6.07. The van der Waals surface area contributed by atoms with Crippen LogP contribution in [-0.2, 0) is 14.3 Å². The summed E-state index contributed by atoms with van der Waals surface area (Å²) in [6, 6.07) is 0. The summed E-state index contributed by atoms with van der Waals surface area (Å²) >= 11 is 0. The zero-order valence-electron chi connectivity index (χ0n) is 18.1. The van der Waals surface area contributed by atoms with E-state index in [1.165, 1.54) is 18.1 Å². The minimum atomic E-state index is -0.546. The number of allylic oxidation sites excluding steroid dienone is 4. The van der Waals surface area contributed by atoms with Crippen molar-refractivity contribution in [1.82, 2.24) is 0 Å². The molecule has 0 amide bonds. The Balaban J connectivity index is 1.81. The van der Waals surface area contributed by atoms with Crippen LogP contribution >= 0.6 is 0 Å². The largest absolute Gasteiger partial charge is 0.454 e. The molecule has 3 heteroatoms. The molecule has 0 heterocycles. The van der Waals surface area contributed by atoms with Crippen molar-refractivity contribution in [3.8, 4) is 0 Å². The Morgan fingerprint density at radius 1 is 1.29 bits per heavy atom. The maximum Gasteiger partial charge on any atom is 0.303 e. The predicted molar refractivity (Wildman–Crippen MR) is 111 cm³/mol. The van der Waals surface area contributed by atoms with E-state index in [0.717, 1.165) is 37.7 Å². The Labute approximate surface area is 169 Å². The third kappa shape index (κ3) is 2.34. The maximum atomic E-state index is 12.1. The van der Waals surface area contributed by atoms with Gasteiger partial charge in [0.1, 0.15) is 5.60 Å². The average Bonchev–Trinajstić information content (AvgIpc) is 2.84. The quantitative estimate of drug-likeness (QED) is 0.464. The highest BCUT2D eigenvalue weighted by Gasteiger charge is 2.66. The van der Waals surface area contributed by atoms with Gasteiger partial charge in [0.2, 0.25) is 0 Å². The summed E-state index contributed by atoms with van der Waals surface area (Å²) in [6.45, 7) is 15.0. The number of carbonyl (C=O) groups excluding carboxylic acids is 2. The van der Waals surface area contributed by atoms with Crippen molar-refractivity contribution in [2.24, 2.45) is 28.6 Å². The van der Waals surface area contributed by atoms with E-state index in [1.54, 1.807) is 0 Å². The van der Waals surface area contributed by atoms with Gasteiger partial charge in [-0.2, -0.15) is 0 Å². The second-order valence-electron chi connectivity index (χ2n) is 10.1. The molecule has 0 aliphatic heterocycles. The van der Waals surface area contributed by atoms with E-state index in [-0.39, 0.29) is 22.6 Å². The molecule has 0 aromatic rings. The highest BCUT2D eigenvalue weighted by Crippen LogP contribution is 2.69. The van der Waals surface area contributed by atoms with Crippen LogP contribution < -0.4 is 0 Å². The molecule has 2 saturated carbocycles. The van der Waals surface area contributed by atoms with Crippen LogP contribution in [0.1, 0.15) is 73.1 Å². The lowest BCUT2D eigenvalue weighted by molar-refractivity contribution is -0.173. The highest BCUT2D eigenvalue weighted by atomic mass is 16.6. The number of fused-ring (bicyclic) bond motifs is 5. The van der Waals surface area contributed by atoms with Crippen LogP contribution in [0, 0.1) is 28.6 Å². The van der Waals surface area contributed by atoms with Gasteiger partial charge in [0, 0.05) is 18.8 Å². The summed E-state index contributed by atoms with van der Waals surface area (Å²) in [5.74, 6) is 1.50. The Morgan fingerprint density at radius 2 is 2.00 bits per heavy atom. The second-order valence-corrected chi connectivity index (χ2v) is 10.1. The third-order valence-corrected chi connectivity index (χ3v) is 9.00. The summed E-state index contributed by atoms with van der Waals surface area (Å²) in [5, 5.41) is 0. The number of carbonyl (C=O) groups is 2. The van der Waals surface area contributed by atoms with E-state index >= 15 is 0 Å². The first-order chi connectivity index (χ1) is 13.1. The van der Waals surface area contributed by atoms with Crippen LogP contribution in [-0.4, -0.2) is 17.4 Å². The molecule has 0 N–H and O–H groups in total. The Bertz CT molecular complexity index is 818. The number of rotatable bonds is 2. The van der Waals surface area contributed by atoms with Gasteiger partial charge >= 0.3 is 5.97 Å². The topological polar surface area (TPSA) is 43.4 Å². The monoisotopic (exact) mass is 382 g/mol. The van der Waals surface area contributed by atoms with Crippen LogP contribution in [0.4, 0.5) is 0 Å². The number of hydrogen-bond donors (Lipinski definition) is 0. The molecule has 152 valence electrons. The van der Waals surface area contributed by atoms with Crippen molar-refractivity contribution in [3.63, 3.8) is 0 Å². The van der Waals surface area contributed by atoms with Crippen molar-refractivity contribution in [1.29, 1.82) is 0 Å². The third-order valence-electron chi connectivity index (χ3n) is 9.00. The normalized spacial score (nSPS) is 44.8. The van der Waals surface area contributed by atoms with E-state index in [4.69, 9.17) is 4.74 Å². The first kappa shape index (κ1) is 19.7. The molecule has 0 radical (unpaired) electrons. The van der Waals surface area contributed by atoms with E-state index < -0.39 is 5.60 Å². The summed E-state index contributed by atoms with van der Waals surface area (Å²) in [5.41, 5.74) is 3.09. The Morgan fingerprint density at radius 3 is 2.64 bits per heavy atom. The minimum Gasteiger partial charge on any atom is -0.454 e. The molecular formula is C25H34O3. The standard InChI is InChI=1S/C25H34O3/c1-7-25(28-17(4)26)16(3)13-22-19-12-15(2)21-14-18(27)8-10-23(21,5)20(19)9-11-24(22,25)6/h12,14,19-20,22H,3,7-11,13H2,1-2,4-6H3/t19?,20?,22?,23-,24+,25-/m1/s1. The molecule has 6 atom stereocenters. The molecule has 4 aliphatic carbocycles. The Kier molecular flexibility index (Phi) is 4.34. The van der Waals surface area contributed by atoms with Crippen molar-refractivity contribution in [2.75, 3.05) is 0 Å². The molecule has 0 aromatic carbocycles. The van der Waals surface area contributed by atoms with Crippen molar-refractivity contribution in [3.05, 3.63) is 35.5 Å². The molecule has 0 bridgehead atoms. The Hall–Kier alpha value is -1.64. The van der Waals surface area contributed by atoms with Gasteiger partial charge in [0.25, 0.3) is 0 Å². The smallest absolute Gasteiger partial charge is 0.303 e. The summed E-state index contributed by atoms with van der Waals surface area (Å²) in [4.78, 5) is 24.1. The molecule has 0 aromatic heterocycles. The van der Waals surface area contributed by atoms with E-state index in [0.29, 0.717) is 24.2 Å². The van der Waals surface area contributed by atoms with E-state index in [1.807, 2.05) is 6.08 Å². The fraction of sp³-hybridized carbons (Fsp3) is 0.680. The van der Waals surface area contributed by atoms with Crippen molar-refractivity contribution >= 4 is 11.8 Å². The number of ether oxygens (including phenoxy) is 1. The van der Waals surface area contributed by atoms with Gasteiger partial charge in [-0.05, 0) is 79.4 Å².